The molecule has 88 valence electrons. The van der Waals surface area contributed by atoms with Crippen molar-refractivity contribution in [3.63, 3.8) is 0 Å². The van der Waals surface area contributed by atoms with Crippen LogP contribution in [0.1, 0.15) is 29.4 Å². The molecule has 0 atom stereocenters. The highest BCUT2D eigenvalue weighted by Gasteiger charge is 2.18. The standard InChI is InChI=1S/C9H8F2INO3/c1-2-16-9(15)4-3-5(7(10)11)13-8(14)6(4)12/h3,7H,2H2,1H3,(H,13,14). The maximum Gasteiger partial charge on any atom is 0.339 e. The second kappa shape index (κ2) is 5.37. The van der Waals surface area contributed by atoms with Crippen molar-refractivity contribution in [2.45, 2.75) is 13.3 Å². The van der Waals surface area contributed by atoms with Gasteiger partial charge in [-0.2, -0.15) is 0 Å². The van der Waals surface area contributed by atoms with Crippen LogP contribution in [0.15, 0.2) is 10.9 Å². The lowest BCUT2D eigenvalue weighted by Gasteiger charge is -2.06. The van der Waals surface area contributed by atoms with E-state index in [1.165, 1.54) is 0 Å². The highest BCUT2D eigenvalue weighted by Crippen LogP contribution is 2.18. The number of H-pyrrole nitrogens is 1. The van der Waals surface area contributed by atoms with E-state index < -0.39 is 23.6 Å². The summed E-state index contributed by atoms with van der Waals surface area (Å²) in [5.74, 6) is -0.778. The minimum Gasteiger partial charge on any atom is -0.462 e. The summed E-state index contributed by atoms with van der Waals surface area (Å²) in [6.07, 6.45) is -2.84. The average molecular weight is 343 g/mol. The summed E-state index contributed by atoms with van der Waals surface area (Å²) in [6.45, 7) is 1.71. The molecule has 0 aliphatic rings. The molecule has 0 bridgehead atoms. The molecule has 4 nitrogen and oxygen atoms in total. The van der Waals surface area contributed by atoms with Crippen LogP contribution in [-0.2, 0) is 4.74 Å². The molecule has 0 amide bonds. The predicted molar refractivity (Wildman–Crippen MR) is 60.7 cm³/mol. The Bertz CT molecular complexity index is 459. The third-order valence-corrected chi connectivity index (χ3v) is 2.79. The van der Waals surface area contributed by atoms with Crippen molar-refractivity contribution in [3.05, 3.63) is 31.2 Å². The molecule has 0 aliphatic heterocycles. The zero-order chi connectivity index (χ0) is 12.3. The van der Waals surface area contributed by atoms with Crippen molar-refractivity contribution in [3.8, 4) is 0 Å². The van der Waals surface area contributed by atoms with Crippen molar-refractivity contribution < 1.29 is 18.3 Å². The van der Waals surface area contributed by atoms with Crippen molar-refractivity contribution >= 4 is 28.6 Å². The minimum atomic E-state index is -2.84. The Morgan fingerprint density at radius 3 is 2.75 bits per heavy atom. The van der Waals surface area contributed by atoms with E-state index in [9.17, 15) is 18.4 Å². The Hall–Kier alpha value is -0.990. The number of rotatable bonds is 3. The number of hydrogen-bond acceptors (Lipinski definition) is 3. The molecule has 0 aliphatic carbocycles. The van der Waals surface area contributed by atoms with Crippen molar-refractivity contribution in [1.82, 2.24) is 4.98 Å². The fourth-order valence-electron chi connectivity index (χ4n) is 1.04. The van der Waals surface area contributed by atoms with Gasteiger partial charge < -0.3 is 9.72 Å². The zero-order valence-corrected chi connectivity index (χ0v) is 10.4. The average Bonchev–Trinajstić information content (AvgIpc) is 2.21. The highest BCUT2D eigenvalue weighted by atomic mass is 127. The summed E-state index contributed by atoms with van der Waals surface area (Å²) in [5.41, 5.74) is -1.45. The molecule has 0 aromatic carbocycles. The minimum absolute atomic E-state index is 0.0421. The van der Waals surface area contributed by atoms with Gasteiger partial charge in [-0.05, 0) is 35.6 Å². The van der Waals surface area contributed by atoms with Crippen molar-refractivity contribution in [2.75, 3.05) is 6.61 Å². The Labute approximate surface area is 103 Å². The molecule has 1 aromatic rings. The number of carbonyl (C=O) groups excluding carboxylic acids is 1. The first-order valence-corrected chi connectivity index (χ1v) is 5.43. The number of aromatic amines is 1. The van der Waals surface area contributed by atoms with Gasteiger partial charge in [-0.1, -0.05) is 0 Å². The number of halogens is 3. The van der Waals surface area contributed by atoms with E-state index in [0.29, 0.717) is 0 Å². The van der Waals surface area contributed by atoms with Crippen LogP contribution in [0.2, 0.25) is 0 Å². The maximum atomic E-state index is 12.4. The number of nitrogens with one attached hydrogen (secondary N) is 1. The van der Waals surface area contributed by atoms with Crippen LogP contribution < -0.4 is 5.56 Å². The van der Waals surface area contributed by atoms with Crippen LogP contribution in [0.3, 0.4) is 0 Å². The lowest BCUT2D eigenvalue weighted by atomic mass is 10.2. The number of alkyl halides is 2. The van der Waals surface area contributed by atoms with Crippen LogP contribution in [0.5, 0.6) is 0 Å². The van der Waals surface area contributed by atoms with Crippen LogP contribution in [-0.4, -0.2) is 17.6 Å². The van der Waals surface area contributed by atoms with Gasteiger partial charge >= 0.3 is 5.97 Å². The SMILES string of the molecule is CCOC(=O)c1cc(C(F)F)[nH]c(=O)c1I. The summed E-state index contributed by atoms with van der Waals surface area (Å²) in [4.78, 5) is 24.6. The smallest absolute Gasteiger partial charge is 0.339 e. The Kier molecular flexibility index (Phi) is 4.39. The lowest BCUT2D eigenvalue weighted by Crippen LogP contribution is -2.19. The molecule has 0 radical (unpaired) electrons. The van der Waals surface area contributed by atoms with E-state index in [2.05, 4.69) is 4.74 Å². The van der Waals surface area contributed by atoms with E-state index >= 15 is 0 Å². The van der Waals surface area contributed by atoms with Crippen LogP contribution in [0, 0.1) is 3.57 Å². The number of carbonyl (C=O) groups is 1. The largest absolute Gasteiger partial charge is 0.462 e. The first-order valence-electron chi connectivity index (χ1n) is 4.35. The summed E-state index contributed by atoms with van der Waals surface area (Å²) < 4.78 is 29.5. The lowest BCUT2D eigenvalue weighted by molar-refractivity contribution is 0.0524. The van der Waals surface area contributed by atoms with Crippen molar-refractivity contribution in [2.24, 2.45) is 0 Å². The Morgan fingerprint density at radius 2 is 2.25 bits per heavy atom. The number of hydrogen-bond donors (Lipinski definition) is 1. The van der Waals surface area contributed by atoms with Gasteiger partial charge in [0.25, 0.3) is 12.0 Å². The molecule has 16 heavy (non-hydrogen) atoms. The summed E-state index contributed by atoms with van der Waals surface area (Å²) >= 11 is 1.61. The van der Waals surface area contributed by atoms with Gasteiger partial charge in [0.1, 0.15) is 0 Å². The highest BCUT2D eigenvalue weighted by molar-refractivity contribution is 14.1. The molecule has 0 unspecified atom stereocenters. The fourth-order valence-corrected chi connectivity index (χ4v) is 1.55. The summed E-state index contributed by atoms with van der Waals surface area (Å²) in [6, 6.07) is 0.936. The maximum absolute atomic E-state index is 12.4. The van der Waals surface area contributed by atoms with E-state index in [1.807, 2.05) is 4.98 Å². The molecular formula is C9H8F2INO3. The predicted octanol–water partition coefficient (Wildman–Crippen LogP) is 2.09. The first kappa shape index (κ1) is 13.1. The van der Waals surface area contributed by atoms with E-state index in [0.717, 1.165) is 6.07 Å². The first-order chi connectivity index (χ1) is 7.47. The van der Waals surface area contributed by atoms with Gasteiger partial charge in [0.15, 0.2) is 0 Å². The fraction of sp³-hybridized carbons (Fsp3) is 0.333. The molecule has 1 rings (SSSR count). The second-order valence-corrected chi connectivity index (χ2v) is 3.88. The number of aromatic nitrogens is 1. The molecular weight excluding hydrogens is 335 g/mol. The number of ether oxygens (including phenoxy) is 1. The number of pyridine rings is 1. The summed E-state index contributed by atoms with van der Waals surface area (Å²) in [7, 11) is 0. The van der Waals surface area contributed by atoms with Gasteiger partial charge in [0.05, 0.1) is 21.4 Å². The van der Waals surface area contributed by atoms with Crippen LogP contribution >= 0.6 is 22.6 Å². The van der Waals surface area contributed by atoms with E-state index in [1.54, 1.807) is 29.5 Å². The summed E-state index contributed by atoms with van der Waals surface area (Å²) in [5, 5.41) is 0. The van der Waals surface area contributed by atoms with Gasteiger partial charge in [-0.3, -0.25) is 4.79 Å². The topological polar surface area (TPSA) is 59.2 Å². The van der Waals surface area contributed by atoms with Gasteiger partial charge in [0, 0.05) is 0 Å². The molecule has 7 heteroatoms. The molecule has 0 fully saturated rings. The van der Waals surface area contributed by atoms with Crippen LogP contribution in [0.25, 0.3) is 0 Å². The molecule has 1 aromatic heterocycles. The number of esters is 1. The Morgan fingerprint density at radius 1 is 1.62 bits per heavy atom. The zero-order valence-electron chi connectivity index (χ0n) is 8.22. The third-order valence-electron chi connectivity index (χ3n) is 1.72. The van der Waals surface area contributed by atoms with E-state index in [-0.39, 0.29) is 15.7 Å². The molecule has 1 N–H and O–H groups in total. The molecule has 1 heterocycles. The van der Waals surface area contributed by atoms with Crippen molar-refractivity contribution in [1.29, 1.82) is 0 Å². The quantitative estimate of drug-likeness (QED) is 0.676. The van der Waals surface area contributed by atoms with Crippen LogP contribution in [0.4, 0.5) is 8.78 Å². The Balaban J connectivity index is 3.27. The molecule has 0 saturated heterocycles. The van der Waals surface area contributed by atoms with Gasteiger partial charge in [0.2, 0.25) is 0 Å². The monoisotopic (exact) mass is 343 g/mol. The normalized spacial score (nSPS) is 10.6. The molecule has 0 spiro atoms. The van der Waals surface area contributed by atoms with Gasteiger partial charge in [-0.25, -0.2) is 13.6 Å². The van der Waals surface area contributed by atoms with E-state index in [4.69, 9.17) is 0 Å². The third kappa shape index (κ3) is 2.77. The molecule has 0 saturated carbocycles. The second-order valence-electron chi connectivity index (χ2n) is 2.80. The van der Waals surface area contributed by atoms with Gasteiger partial charge in [-0.15, -0.1) is 0 Å².